The fraction of sp³-hybridized carbons (Fsp3) is 0.167. The molecule has 0 amide bonds. The monoisotopic (exact) mass is 298 g/mol. The van der Waals surface area contributed by atoms with Crippen LogP contribution in [0, 0.1) is 5.82 Å². The Morgan fingerprint density at radius 2 is 2.00 bits per heavy atom. The molecule has 0 saturated carbocycles. The first-order chi connectivity index (χ1) is 10.6. The Hall–Kier alpha value is -2.46. The van der Waals surface area contributed by atoms with E-state index in [9.17, 15) is 14.3 Å². The third-order valence-corrected chi connectivity index (χ3v) is 3.70. The van der Waals surface area contributed by atoms with Gasteiger partial charge < -0.3 is 14.6 Å². The number of carbonyl (C=O) groups excluding carboxylic acids is 1. The lowest BCUT2D eigenvalue weighted by molar-refractivity contribution is -0.108. The standard InChI is InChI=1S/C18H15FO3/c1-11(21)18-17(12-5-4-6-13(19)9-12)15(10-20)14-7-2-3-8-16(14)22-18/h2-11,15,21H,1H3/t11?,15-/m1/s1. The number of fused-ring (bicyclic) bond motifs is 1. The van der Waals surface area contributed by atoms with Crippen LogP contribution in [-0.4, -0.2) is 17.5 Å². The first-order valence-corrected chi connectivity index (χ1v) is 7.02. The molecule has 1 N–H and O–H groups in total. The van der Waals surface area contributed by atoms with Gasteiger partial charge in [-0.05, 0) is 30.7 Å². The minimum absolute atomic E-state index is 0.279. The molecule has 0 saturated heterocycles. The van der Waals surface area contributed by atoms with Crippen LogP contribution in [0.1, 0.15) is 24.0 Å². The highest BCUT2D eigenvalue weighted by Crippen LogP contribution is 2.43. The highest BCUT2D eigenvalue weighted by atomic mass is 19.1. The minimum atomic E-state index is -0.908. The maximum atomic E-state index is 13.6. The number of aldehydes is 1. The molecule has 2 aromatic rings. The molecule has 22 heavy (non-hydrogen) atoms. The van der Waals surface area contributed by atoms with Gasteiger partial charge in [-0.25, -0.2) is 4.39 Å². The van der Waals surface area contributed by atoms with Gasteiger partial charge in [0, 0.05) is 11.1 Å². The molecule has 1 aliphatic heterocycles. The lowest BCUT2D eigenvalue weighted by Crippen LogP contribution is -2.22. The van der Waals surface area contributed by atoms with Gasteiger partial charge in [0.05, 0.1) is 5.92 Å². The van der Waals surface area contributed by atoms with Crippen LogP contribution < -0.4 is 4.74 Å². The van der Waals surface area contributed by atoms with Crippen LogP contribution in [0.2, 0.25) is 0 Å². The maximum Gasteiger partial charge on any atom is 0.137 e. The first kappa shape index (κ1) is 14.5. The zero-order valence-electron chi connectivity index (χ0n) is 12.0. The molecule has 1 heterocycles. The Balaban J connectivity index is 2.24. The molecule has 0 bridgehead atoms. The molecule has 0 aromatic heterocycles. The van der Waals surface area contributed by atoms with Crippen molar-refractivity contribution in [2.24, 2.45) is 0 Å². The number of benzene rings is 2. The van der Waals surface area contributed by atoms with E-state index in [-0.39, 0.29) is 5.76 Å². The van der Waals surface area contributed by atoms with E-state index in [4.69, 9.17) is 4.74 Å². The summed E-state index contributed by atoms with van der Waals surface area (Å²) in [6.45, 7) is 1.56. The van der Waals surface area contributed by atoms with E-state index in [2.05, 4.69) is 0 Å². The minimum Gasteiger partial charge on any atom is -0.458 e. The number of hydrogen-bond acceptors (Lipinski definition) is 3. The molecule has 0 spiro atoms. The summed E-state index contributed by atoms with van der Waals surface area (Å²) in [5.74, 6) is -0.188. The summed E-state index contributed by atoms with van der Waals surface area (Å²) < 4.78 is 19.3. The Morgan fingerprint density at radius 1 is 1.23 bits per heavy atom. The van der Waals surface area contributed by atoms with E-state index >= 15 is 0 Å². The second-order valence-corrected chi connectivity index (χ2v) is 5.22. The van der Waals surface area contributed by atoms with Crippen molar-refractivity contribution in [3.8, 4) is 5.75 Å². The van der Waals surface area contributed by atoms with Gasteiger partial charge in [0.1, 0.15) is 29.7 Å². The van der Waals surface area contributed by atoms with Gasteiger partial charge in [0.2, 0.25) is 0 Å². The predicted octanol–water partition coefficient (Wildman–Crippen LogP) is 3.29. The van der Waals surface area contributed by atoms with Crippen LogP contribution in [0.3, 0.4) is 0 Å². The Bertz CT molecular complexity index is 750. The molecule has 0 radical (unpaired) electrons. The van der Waals surface area contributed by atoms with Gasteiger partial charge in [0.15, 0.2) is 0 Å². The topological polar surface area (TPSA) is 46.5 Å². The molecule has 0 aliphatic carbocycles. The van der Waals surface area contributed by atoms with E-state index in [0.717, 1.165) is 6.29 Å². The third kappa shape index (κ3) is 2.42. The number of hydrogen-bond donors (Lipinski definition) is 1. The van der Waals surface area contributed by atoms with Crippen molar-refractivity contribution in [1.82, 2.24) is 0 Å². The second kappa shape index (κ2) is 5.73. The van der Waals surface area contributed by atoms with Gasteiger partial charge in [-0.3, -0.25) is 0 Å². The van der Waals surface area contributed by atoms with Crippen molar-refractivity contribution < 1.29 is 19.0 Å². The van der Waals surface area contributed by atoms with Gasteiger partial charge in [-0.2, -0.15) is 0 Å². The van der Waals surface area contributed by atoms with Crippen molar-refractivity contribution in [2.45, 2.75) is 18.9 Å². The number of allylic oxidation sites excluding steroid dienone is 1. The number of para-hydroxylation sites is 1. The fourth-order valence-electron chi connectivity index (χ4n) is 2.74. The molecule has 1 aliphatic rings. The zero-order chi connectivity index (χ0) is 15.7. The van der Waals surface area contributed by atoms with E-state index in [1.54, 1.807) is 37.3 Å². The number of rotatable bonds is 3. The first-order valence-electron chi connectivity index (χ1n) is 7.02. The average molecular weight is 298 g/mol. The normalized spacial score (nSPS) is 18.4. The molecule has 112 valence electrons. The number of aliphatic hydroxyl groups excluding tert-OH is 1. The van der Waals surface area contributed by atoms with Gasteiger partial charge in [-0.1, -0.05) is 30.3 Å². The average Bonchev–Trinajstić information content (AvgIpc) is 2.52. The summed E-state index contributed by atoms with van der Waals surface area (Å²) in [6, 6.07) is 13.1. The van der Waals surface area contributed by atoms with Gasteiger partial charge in [0.25, 0.3) is 0 Å². The fourth-order valence-corrected chi connectivity index (χ4v) is 2.74. The van der Waals surface area contributed by atoms with E-state index in [1.165, 1.54) is 12.1 Å². The summed E-state index contributed by atoms with van der Waals surface area (Å²) in [5.41, 5.74) is 1.74. The molecule has 2 atom stereocenters. The Morgan fingerprint density at radius 3 is 2.68 bits per heavy atom. The quantitative estimate of drug-likeness (QED) is 0.884. The van der Waals surface area contributed by atoms with Crippen LogP contribution in [0.15, 0.2) is 54.3 Å². The number of carbonyl (C=O) groups is 1. The summed E-state index contributed by atoms with van der Waals surface area (Å²) in [5, 5.41) is 10.0. The summed E-state index contributed by atoms with van der Waals surface area (Å²) >= 11 is 0. The van der Waals surface area contributed by atoms with Crippen LogP contribution in [0.5, 0.6) is 5.75 Å². The lowest BCUT2D eigenvalue weighted by Gasteiger charge is -2.29. The zero-order valence-corrected chi connectivity index (χ0v) is 12.0. The Kier molecular flexibility index (Phi) is 3.77. The van der Waals surface area contributed by atoms with Crippen LogP contribution in [0.25, 0.3) is 5.57 Å². The van der Waals surface area contributed by atoms with Crippen molar-refractivity contribution >= 4 is 11.9 Å². The van der Waals surface area contributed by atoms with Crippen LogP contribution in [-0.2, 0) is 4.79 Å². The molecule has 0 fully saturated rings. The number of aliphatic hydroxyl groups is 1. The number of ether oxygens (including phenoxy) is 1. The van der Waals surface area contributed by atoms with Crippen molar-refractivity contribution in [3.63, 3.8) is 0 Å². The molecule has 3 rings (SSSR count). The van der Waals surface area contributed by atoms with Gasteiger partial charge in [-0.15, -0.1) is 0 Å². The summed E-state index contributed by atoms with van der Waals surface area (Å²) in [6.07, 6.45) is -0.113. The molecule has 1 unspecified atom stereocenters. The number of halogens is 1. The van der Waals surface area contributed by atoms with E-state index in [0.29, 0.717) is 22.4 Å². The molecule has 4 heteroatoms. The van der Waals surface area contributed by atoms with Crippen molar-refractivity contribution in [1.29, 1.82) is 0 Å². The van der Waals surface area contributed by atoms with E-state index < -0.39 is 17.8 Å². The van der Waals surface area contributed by atoms with Crippen LogP contribution >= 0.6 is 0 Å². The largest absolute Gasteiger partial charge is 0.458 e. The molecular weight excluding hydrogens is 283 g/mol. The molecule has 3 nitrogen and oxygen atoms in total. The molecular formula is C18H15FO3. The predicted molar refractivity (Wildman–Crippen MR) is 80.9 cm³/mol. The Labute approximate surface area is 127 Å². The van der Waals surface area contributed by atoms with E-state index in [1.807, 2.05) is 6.07 Å². The highest BCUT2D eigenvalue weighted by molar-refractivity contribution is 5.90. The molecule has 2 aromatic carbocycles. The third-order valence-electron chi connectivity index (χ3n) is 3.70. The van der Waals surface area contributed by atoms with Gasteiger partial charge >= 0.3 is 0 Å². The van der Waals surface area contributed by atoms with Crippen LogP contribution in [0.4, 0.5) is 4.39 Å². The second-order valence-electron chi connectivity index (χ2n) is 5.22. The lowest BCUT2D eigenvalue weighted by atomic mass is 9.84. The SMILES string of the molecule is CC(O)C1=C(c2cccc(F)c2)[C@H](C=O)c2ccccc2O1. The smallest absolute Gasteiger partial charge is 0.137 e. The van der Waals surface area contributed by atoms with Crippen molar-refractivity contribution in [3.05, 3.63) is 71.2 Å². The summed E-state index contributed by atoms with van der Waals surface area (Å²) in [7, 11) is 0. The van der Waals surface area contributed by atoms with Crippen molar-refractivity contribution in [2.75, 3.05) is 0 Å². The maximum absolute atomic E-state index is 13.6. The summed E-state index contributed by atoms with van der Waals surface area (Å²) in [4.78, 5) is 11.7. The highest BCUT2D eigenvalue weighted by Gasteiger charge is 2.32.